The second-order valence-corrected chi connectivity index (χ2v) is 14.0. The van der Waals surface area contributed by atoms with Crippen LogP contribution in [0, 0.1) is 0 Å². The summed E-state index contributed by atoms with van der Waals surface area (Å²) in [6.07, 6.45) is -0.265. The van der Waals surface area contributed by atoms with Crippen LogP contribution in [0.15, 0.2) is 91.0 Å². The van der Waals surface area contributed by atoms with E-state index in [0.29, 0.717) is 25.7 Å². The van der Waals surface area contributed by atoms with Crippen LogP contribution >= 0.6 is 0 Å². The van der Waals surface area contributed by atoms with Gasteiger partial charge in [-0.1, -0.05) is 104 Å². The maximum absolute atomic E-state index is 13.9. The topological polar surface area (TPSA) is 158 Å². The first-order valence-corrected chi connectivity index (χ1v) is 17.4. The number of benzene rings is 3. The van der Waals surface area contributed by atoms with Crippen molar-refractivity contribution >= 4 is 18.1 Å². The van der Waals surface area contributed by atoms with E-state index in [9.17, 15) is 24.6 Å². The monoisotopic (exact) mass is 688 g/mol. The molecule has 0 heterocycles. The highest BCUT2D eigenvalue weighted by Gasteiger charge is 2.44. The van der Waals surface area contributed by atoms with Gasteiger partial charge in [-0.2, -0.15) is 0 Å². The summed E-state index contributed by atoms with van der Waals surface area (Å²) >= 11 is 0. The molecule has 11 nitrogen and oxygen atoms in total. The lowest BCUT2D eigenvalue weighted by molar-refractivity contribution is -0.129. The zero-order valence-electron chi connectivity index (χ0n) is 29.3. The van der Waals surface area contributed by atoms with Crippen molar-refractivity contribution in [3.05, 3.63) is 108 Å². The molecule has 1 aliphatic rings. The van der Waals surface area contributed by atoms with Crippen molar-refractivity contribution in [2.45, 2.75) is 101 Å². The third-order valence-corrected chi connectivity index (χ3v) is 8.70. The van der Waals surface area contributed by atoms with Crippen LogP contribution in [0.2, 0.25) is 0 Å². The predicted molar refractivity (Wildman–Crippen MR) is 191 cm³/mol. The SMILES string of the molecule is CC(C)(C)OC(=O)N[C@@H](Cc1ccccc1)[C@H](O)CNC[C@@H](O)[C@H](Cc1ccccc1)NC(=O)C1(NC(=O)OCc2ccccc2)CCCC1. The van der Waals surface area contributed by atoms with Gasteiger partial charge < -0.3 is 41.0 Å². The molecule has 50 heavy (non-hydrogen) atoms. The lowest BCUT2D eigenvalue weighted by Crippen LogP contribution is -2.61. The molecule has 4 rings (SSSR count). The van der Waals surface area contributed by atoms with Gasteiger partial charge >= 0.3 is 12.2 Å². The van der Waals surface area contributed by atoms with Gasteiger partial charge in [0.25, 0.3) is 0 Å². The third-order valence-electron chi connectivity index (χ3n) is 8.70. The van der Waals surface area contributed by atoms with E-state index in [4.69, 9.17) is 9.47 Å². The van der Waals surface area contributed by atoms with E-state index in [1.807, 2.05) is 91.0 Å². The fourth-order valence-corrected chi connectivity index (χ4v) is 6.07. The lowest BCUT2D eigenvalue weighted by Gasteiger charge is -2.33. The maximum atomic E-state index is 13.9. The summed E-state index contributed by atoms with van der Waals surface area (Å²) in [6.45, 7) is 5.48. The minimum Gasteiger partial charge on any atom is -0.445 e. The fourth-order valence-electron chi connectivity index (χ4n) is 6.07. The first kappa shape index (κ1) is 38.4. The molecule has 4 atom stereocenters. The van der Waals surface area contributed by atoms with E-state index in [-0.39, 0.29) is 25.6 Å². The quantitative estimate of drug-likeness (QED) is 0.129. The van der Waals surface area contributed by atoms with Gasteiger partial charge in [0.15, 0.2) is 0 Å². The van der Waals surface area contributed by atoms with Crippen molar-refractivity contribution in [3.63, 3.8) is 0 Å². The second-order valence-electron chi connectivity index (χ2n) is 14.0. The molecule has 0 spiro atoms. The molecule has 0 unspecified atom stereocenters. The van der Waals surface area contributed by atoms with Crippen LogP contribution in [-0.4, -0.2) is 76.8 Å². The highest BCUT2D eigenvalue weighted by Crippen LogP contribution is 2.30. The van der Waals surface area contributed by atoms with Crippen molar-refractivity contribution < 1.29 is 34.1 Å². The van der Waals surface area contributed by atoms with Gasteiger partial charge in [0.05, 0.1) is 24.3 Å². The molecule has 0 radical (unpaired) electrons. The van der Waals surface area contributed by atoms with E-state index in [0.717, 1.165) is 29.5 Å². The molecular formula is C39H52N4O7. The number of carbonyl (C=O) groups is 3. The van der Waals surface area contributed by atoms with Crippen molar-refractivity contribution in [1.82, 2.24) is 21.3 Å². The average molecular weight is 689 g/mol. The van der Waals surface area contributed by atoms with Gasteiger partial charge in [-0.05, 0) is 63.1 Å². The van der Waals surface area contributed by atoms with E-state index in [1.165, 1.54) is 0 Å². The van der Waals surface area contributed by atoms with Crippen LogP contribution in [-0.2, 0) is 33.7 Å². The minimum absolute atomic E-state index is 0.0406. The number of hydrogen-bond acceptors (Lipinski definition) is 8. The highest BCUT2D eigenvalue weighted by molar-refractivity contribution is 5.90. The van der Waals surface area contributed by atoms with E-state index in [2.05, 4.69) is 21.3 Å². The normalized spacial score (nSPS) is 16.3. The Labute approximate surface area is 295 Å². The number of aliphatic hydroxyl groups is 2. The Morgan fingerprint density at radius 2 is 1.16 bits per heavy atom. The summed E-state index contributed by atoms with van der Waals surface area (Å²) < 4.78 is 10.9. The van der Waals surface area contributed by atoms with Crippen LogP contribution in [0.5, 0.6) is 0 Å². The average Bonchev–Trinajstić information content (AvgIpc) is 3.57. The van der Waals surface area contributed by atoms with Gasteiger partial charge in [-0.25, -0.2) is 9.59 Å². The Kier molecular flexibility index (Phi) is 14.2. The second kappa shape index (κ2) is 18.5. The molecule has 1 saturated carbocycles. The Morgan fingerprint density at radius 1 is 0.700 bits per heavy atom. The summed E-state index contributed by atoms with van der Waals surface area (Å²) in [5, 5.41) is 34.4. The van der Waals surface area contributed by atoms with Gasteiger partial charge in [-0.15, -0.1) is 0 Å². The van der Waals surface area contributed by atoms with Crippen LogP contribution in [0.4, 0.5) is 9.59 Å². The molecule has 0 aromatic heterocycles. The number of ether oxygens (including phenoxy) is 2. The molecule has 1 fully saturated rings. The van der Waals surface area contributed by atoms with Gasteiger partial charge in [0, 0.05) is 13.1 Å². The number of carbonyl (C=O) groups excluding carboxylic acids is 3. The molecule has 3 aromatic rings. The third kappa shape index (κ3) is 12.5. The standard InChI is InChI=1S/C39H52N4O7/c1-38(2,3)50-36(47)42-32(24-29-17-9-5-10-18-29)34(45)26-40-25-33(44)31(23-28-15-7-4-8-16-28)41-35(46)39(21-13-14-22-39)43-37(48)49-27-30-19-11-6-12-20-30/h4-12,15-20,31-34,40,44-45H,13-14,21-27H2,1-3H3,(H,41,46)(H,42,47)(H,43,48)/t31-,32-,33+,34+/m0/s1. The summed E-state index contributed by atoms with van der Waals surface area (Å²) in [5.41, 5.74) is 0.809. The summed E-state index contributed by atoms with van der Waals surface area (Å²) in [4.78, 5) is 39.4. The molecule has 1 aliphatic carbocycles. The Balaban J connectivity index is 1.40. The smallest absolute Gasteiger partial charge is 0.408 e. The first-order chi connectivity index (χ1) is 23.9. The van der Waals surface area contributed by atoms with Crippen LogP contribution < -0.4 is 21.3 Å². The summed E-state index contributed by atoms with van der Waals surface area (Å²) in [6, 6.07) is 27.0. The fraction of sp³-hybridized carbons (Fsp3) is 0.462. The van der Waals surface area contributed by atoms with E-state index < -0.39 is 47.6 Å². The molecule has 3 amide bonds. The Hall–Kier alpha value is -4.45. The Morgan fingerprint density at radius 3 is 1.64 bits per heavy atom. The van der Waals surface area contributed by atoms with Gasteiger partial charge in [0.2, 0.25) is 5.91 Å². The molecular weight excluding hydrogens is 636 g/mol. The van der Waals surface area contributed by atoms with Crippen LogP contribution in [0.3, 0.4) is 0 Å². The molecule has 0 bridgehead atoms. The molecule has 0 saturated heterocycles. The predicted octanol–water partition coefficient (Wildman–Crippen LogP) is 4.40. The van der Waals surface area contributed by atoms with Crippen molar-refractivity contribution in [3.8, 4) is 0 Å². The zero-order valence-corrected chi connectivity index (χ0v) is 29.3. The lowest BCUT2D eigenvalue weighted by atomic mass is 9.94. The number of rotatable bonds is 16. The molecule has 270 valence electrons. The van der Waals surface area contributed by atoms with E-state index >= 15 is 0 Å². The summed E-state index contributed by atoms with van der Waals surface area (Å²) in [5.74, 6) is -0.379. The zero-order chi connectivity index (χ0) is 36.0. The number of nitrogens with one attached hydrogen (secondary N) is 4. The first-order valence-electron chi connectivity index (χ1n) is 17.4. The summed E-state index contributed by atoms with van der Waals surface area (Å²) in [7, 11) is 0. The highest BCUT2D eigenvalue weighted by atomic mass is 16.6. The number of alkyl carbamates (subject to hydrolysis) is 2. The van der Waals surface area contributed by atoms with Crippen LogP contribution in [0.1, 0.15) is 63.1 Å². The van der Waals surface area contributed by atoms with Crippen LogP contribution in [0.25, 0.3) is 0 Å². The van der Waals surface area contributed by atoms with Crippen molar-refractivity contribution in [1.29, 1.82) is 0 Å². The largest absolute Gasteiger partial charge is 0.445 e. The molecule has 6 N–H and O–H groups in total. The van der Waals surface area contributed by atoms with Crippen molar-refractivity contribution in [2.75, 3.05) is 13.1 Å². The molecule has 11 heteroatoms. The molecule has 3 aromatic carbocycles. The molecule has 0 aliphatic heterocycles. The number of hydrogen-bond donors (Lipinski definition) is 6. The van der Waals surface area contributed by atoms with Crippen molar-refractivity contribution in [2.24, 2.45) is 0 Å². The van der Waals surface area contributed by atoms with Gasteiger partial charge in [-0.3, -0.25) is 4.79 Å². The number of amides is 3. The Bertz CT molecular complexity index is 1480. The minimum atomic E-state index is -1.16. The van der Waals surface area contributed by atoms with E-state index in [1.54, 1.807) is 20.8 Å². The van der Waals surface area contributed by atoms with Gasteiger partial charge in [0.1, 0.15) is 17.7 Å². The maximum Gasteiger partial charge on any atom is 0.408 e. The number of aliphatic hydroxyl groups excluding tert-OH is 2.